The van der Waals surface area contributed by atoms with E-state index in [9.17, 15) is 14.4 Å². The molecular formula is C33H41N5O6. The molecule has 0 unspecified atom stereocenters. The Kier molecular flexibility index (Phi) is 11.3. The molecule has 44 heavy (non-hydrogen) atoms. The molecule has 1 saturated heterocycles. The fraction of sp³-hybridized carbons (Fsp3) is 0.364. The number of hydrogen-bond donors (Lipinski definition) is 2. The van der Waals surface area contributed by atoms with Gasteiger partial charge in [0, 0.05) is 44.4 Å². The van der Waals surface area contributed by atoms with Crippen LogP contribution in [-0.2, 0) is 11.4 Å². The first-order chi connectivity index (χ1) is 21.2. The number of aryl methyl sites for hydroxylation is 1. The van der Waals surface area contributed by atoms with Crippen molar-refractivity contribution in [2.45, 2.75) is 20.0 Å². The van der Waals surface area contributed by atoms with Crippen LogP contribution in [-0.4, -0.2) is 93.1 Å². The predicted octanol–water partition coefficient (Wildman–Crippen LogP) is 3.57. The molecule has 11 nitrogen and oxygen atoms in total. The van der Waals surface area contributed by atoms with Crippen molar-refractivity contribution in [2.75, 3.05) is 65.9 Å². The number of hydroxylamine groups is 2. The topological polar surface area (TPSA) is 127 Å². The van der Waals surface area contributed by atoms with Gasteiger partial charge in [-0.15, -0.1) is 0 Å². The second-order valence-electron chi connectivity index (χ2n) is 10.7. The Labute approximate surface area is 258 Å². The number of nitrogens with two attached hydrogens (primary N) is 1. The molecule has 3 aromatic rings. The van der Waals surface area contributed by atoms with Crippen LogP contribution in [0.25, 0.3) is 0 Å². The number of anilines is 1. The highest BCUT2D eigenvalue weighted by atomic mass is 16.7. The van der Waals surface area contributed by atoms with Crippen LogP contribution in [0, 0.1) is 6.92 Å². The van der Waals surface area contributed by atoms with Crippen LogP contribution >= 0.6 is 0 Å². The fourth-order valence-electron chi connectivity index (χ4n) is 4.76. The molecule has 0 bridgehead atoms. The number of rotatable bonds is 12. The van der Waals surface area contributed by atoms with Crippen LogP contribution in [0.3, 0.4) is 0 Å². The van der Waals surface area contributed by atoms with Crippen molar-refractivity contribution in [3.05, 3.63) is 88.5 Å². The van der Waals surface area contributed by atoms with Crippen LogP contribution in [0.4, 0.5) is 5.69 Å². The SMILES string of the molecule is COc1cc(C(=O)N(C)OCc2ccc(C)cc2C(=O)N2CCN(C)CC2)ccc1NC(=O)c1ccccc1OCCCN. The highest BCUT2D eigenvalue weighted by Gasteiger charge is 2.24. The van der Waals surface area contributed by atoms with Crippen molar-refractivity contribution >= 4 is 23.4 Å². The summed E-state index contributed by atoms with van der Waals surface area (Å²) in [5, 5.41) is 3.97. The van der Waals surface area contributed by atoms with Gasteiger partial charge < -0.3 is 30.3 Å². The summed E-state index contributed by atoms with van der Waals surface area (Å²) in [6, 6.07) is 17.3. The average Bonchev–Trinajstić information content (AvgIpc) is 3.04. The van der Waals surface area contributed by atoms with Gasteiger partial charge in [-0.3, -0.25) is 19.2 Å². The Morgan fingerprint density at radius 1 is 0.955 bits per heavy atom. The molecule has 1 heterocycles. The zero-order valence-electron chi connectivity index (χ0n) is 25.8. The third kappa shape index (κ3) is 8.13. The van der Waals surface area contributed by atoms with E-state index in [0.717, 1.165) is 23.7 Å². The zero-order chi connectivity index (χ0) is 31.6. The molecule has 0 saturated carbocycles. The molecule has 0 aromatic heterocycles. The van der Waals surface area contributed by atoms with Gasteiger partial charge in [0.05, 0.1) is 25.0 Å². The van der Waals surface area contributed by atoms with E-state index < -0.39 is 5.91 Å². The summed E-state index contributed by atoms with van der Waals surface area (Å²) in [5.74, 6) is -0.0886. The molecule has 3 aromatic carbocycles. The van der Waals surface area contributed by atoms with Gasteiger partial charge in [-0.05, 0) is 68.9 Å². The van der Waals surface area contributed by atoms with Crippen LogP contribution in [0.15, 0.2) is 60.7 Å². The van der Waals surface area contributed by atoms with Gasteiger partial charge in [-0.25, -0.2) is 5.06 Å². The monoisotopic (exact) mass is 603 g/mol. The summed E-state index contributed by atoms with van der Waals surface area (Å²) < 4.78 is 11.2. The van der Waals surface area contributed by atoms with E-state index in [1.54, 1.807) is 36.4 Å². The first kappa shape index (κ1) is 32.5. The molecule has 4 rings (SSSR count). The number of hydrogen-bond acceptors (Lipinski definition) is 8. The average molecular weight is 604 g/mol. The van der Waals surface area contributed by atoms with E-state index in [-0.39, 0.29) is 18.4 Å². The minimum absolute atomic E-state index is 0.0371. The smallest absolute Gasteiger partial charge is 0.277 e. The van der Waals surface area contributed by atoms with Crippen LogP contribution in [0.2, 0.25) is 0 Å². The van der Waals surface area contributed by atoms with Crippen molar-refractivity contribution in [1.82, 2.24) is 14.9 Å². The van der Waals surface area contributed by atoms with Crippen LogP contribution < -0.4 is 20.5 Å². The molecular weight excluding hydrogens is 562 g/mol. The Morgan fingerprint density at radius 2 is 1.70 bits per heavy atom. The number of carbonyl (C=O) groups is 3. The summed E-state index contributed by atoms with van der Waals surface area (Å²) in [5.41, 5.74) is 8.84. The Balaban J connectivity index is 1.42. The highest BCUT2D eigenvalue weighted by Crippen LogP contribution is 2.28. The van der Waals surface area contributed by atoms with Crippen molar-refractivity contribution in [2.24, 2.45) is 5.73 Å². The molecule has 3 N–H and O–H groups in total. The third-order valence-electron chi connectivity index (χ3n) is 7.42. The molecule has 0 spiro atoms. The normalized spacial score (nSPS) is 13.3. The summed E-state index contributed by atoms with van der Waals surface area (Å²) >= 11 is 0. The van der Waals surface area contributed by atoms with Gasteiger partial charge in [0.1, 0.15) is 18.1 Å². The number of nitrogens with one attached hydrogen (secondary N) is 1. The number of amides is 3. The zero-order valence-corrected chi connectivity index (χ0v) is 25.8. The van der Waals surface area contributed by atoms with Gasteiger partial charge in [0.2, 0.25) is 0 Å². The molecule has 3 amide bonds. The lowest BCUT2D eigenvalue weighted by Gasteiger charge is -2.33. The Morgan fingerprint density at radius 3 is 2.43 bits per heavy atom. The second-order valence-corrected chi connectivity index (χ2v) is 10.7. The van der Waals surface area contributed by atoms with Crippen molar-refractivity contribution in [3.63, 3.8) is 0 Å². The summed E-state index contributed by atoms with van der Waals surface area (Å²) in [4.78, 5) is 49.6. The second kappa shape index (κ2) is 15.3. The number of benzene rings is 3. The van der Waals surface area contributed by atoms with E-state index in [1.807, 2.05) is 37.1 Å². The fourth-order valence-corrected chi connectivity index (χ4v) is 4.76. The lowest BCUT2D eigenvalue weighted by Crippen LogP contribution is -2.47. The van der Waals surface area contributed by atoms with Crippen molar-refractivity contribution in [3.8, 4) is 11.5 Å². The molecule has 0 aliphatic carbocycles. The van der Waals surface area contributed by atoms with Gasteiger partial charge in [0.25, 0.3) is 17.7 Å². The first-order valence-corrected chi connectivity index (χ1v) is 14.6. The van der Waals surface area contributed by atoms with Gasteiger partial charge in [0.15, 0.2) is 0 Å². The van der Waals surface area contributed by atoms with Gasteiger partial charge in [-0.2, -0.15) is 0 Å². The summed E-state index contributed by atoms with van der Waals surface area (Å²) in [6.07, 6.45) is 0.665. The van der Waals surface area contributed by atoms with Crippen LogP contribution in [0.1, 0.15) is 48.6 Å². The number of para-hydroxylation sites is 1. The minimum atomic E-state index is -0.418. The highest BCUT2D eigenvalue weighted by molar-refractivity contribution is 6.07. The lowest BCUT2D eigenvalue weighted by atomic mass is 10.0. The van der Waals surface area contributed by atoms with E-state index in [4.69, 9.17) is 20.0 Å². The standard InChI is InChI=1S/C33H41N5O6/c1-23-10-11-25(27(20-23)33(41)38-17-15-36(2)16-18-38)22-44-37(3)32(40)24-12-13-28(30(21-24)42-4)35-31(39)26-8-5-6-9-29(26)43-19-7-14-34/h5-6,8-13,20-21H,7,14-19,22,34H2,1-4H3,(H,35,39). The van der Waals surface area contributed by atoms with Crippen LogP contribution in [0.5, 0.6) is 11.5 Å². The molecule has 0 radical (unpaired) electrons. The number of carbonyl (C=O) groups excluding carboxylic acids is 3. The number of ether oxygens (including phenoxy) is 2. The largest absolute Gasteiger partial charge is 0.495 e. The molecule has 234 valence electrons. The van der Waals surface area contributed by atoms with Gasteiger partial charge in [-0.1, -0.05) is 29.8 Å². The Bertz CT molecular complexity index is 1470. The molecule has 1 aliphatic rings. The van der Waals surface area contributed by atoms with E-state index in [1.165, 1.54) is 20.2 Å². The Hall–Kier alpha value is -4.45. The lowest BCUT2D eigenvalue weighted by molar-refractivity contribution is -0.116. The molecule has 1 aliphatic heterocycles. The maximum atomic E-state index is 13.3. The summed E-state index contributed by atoms with van der Waals surface area (Å²) in [7, 11) is 5.02. The number of likely N-dealkylation sites (N-methyl/N-ethyl adjacent to an activating group) is 1. The van der Waals surface area contributed by atoms with E-state index in [2.05, 4.69) is 10.2 Å². The maximum absolute atomic E-state index is 13.3. The third-order valence-corrected chi connectivity index (χ3v) is 7.42. The van der Waals surface area contributed by atoms with Crippen molar-refractivity contribution < 1.29 is 28.7 Å². The number of piperazine rings is 1. The maximum Gasteiger partial charge on any atom is 0.277 e. The van der Waals surface area contributed by atoms with E-state index >= 15 is 0 Å². The first-order valence-electron chi connectivity index (χ1n) is 14.6. The minimum Gasteiger partial charge on any atom is -0.495 e. The van der Waals surface area contributed by atoms with Gasteiger partial charge >= 0.3 is 0 Å². The van der Waals surface area contributed by atoms with Crippen molar-refractivity contribution in [1.29, 1.82) is 0 Å². The predicted molar refractivity (Wildman–Crippen MR) is 168 cm³/mol. The molecule has 11 heteroatoms. The molecule has 0 atom stereocenters. The number of methoxy groups -OCH3 is 1. The number of nitrogens with zero attached hydrogens (tertiary/aromatic N) is 3. The van der Waals surface area contributed by atoms with E-state index in [0.29, 0.717) is 72.1 Å². The quantitative estimate of drug-likeness (QED) is 0.238. The molecule has 1 fully saturated rings. The summed E-state index contributed by atoms with van der Waals surface area (Å²) in [6.45, 7) is 5.83.